The fraction of sp³-hybridized carbons (Fsp3) is 0.929. The van der Waals surface area contributed by atoms with Gasteiger partial charge in [0.25, 0.3) is 0 Å². The minimum absolute atomic E-state index is 0.0412. The lowest BCUT2D eigenvalue weighted by Gasteiger charge is -2.32. The summed E-state index contributed by atoms with van der Waals surface area (Å²) in [6.07, 6.45) is 4.36. The highest BCUT2D eigenvalue weighted by molar-refractivity contribution is 5.75. The Morgan fingerprint density at radius 3 is 2.05 bits per heavy atom. The quantitative estimate of drug-likeness (QED) is 0.837. The predicted octanol–water partition coefficient (Wildman–Crippen LogP) is 0.999. The van der Waals surface area contributed by atoms with Crippen LogP contribution in [0.2, 0.25) is 0 Å². The zero-order chi connectivity index (χ0) is 14.5. The average molecular weight is 286 g/mol. The number of hydrogen-bond donors (Lipinski definition) is 1. The van der Waals surface area contributed by atoms with E-state index in [-0.39, 0.29) is 30.4 Å². The van der Waals surface area contributed by atoms with Gasteiger partial charge in [-0.3, -0.25) is 0 Å². The van der Waals surface area contributed by atoms with E-state index in [2.05, 4.69) is 5.32 Å². The van der Waals surface area contributed by atoms with Crippen LogP contribution in [0, 0.1) is 0 Å². The Morgan fingerprint density at radius 1 is 0.950 bits per heavy atom. The second-order valence-electron chi connectivity index (χ2n) is 5.57. The fourth-order valence-corrected chi connectivity index (χ4v) is 3.16. The van der Waals surface area contributed by atoms with Gasteiger partial charge in [-0.25, -0.2) is 4.79 Å². The van der Waals surface area contributed by atoms with Crippen molar-refractivity contribution < 1.29 is 19.0 Å². The first-order valence-corrected chi connectivity index (χ1v) is 7.33. The van der Waals surface area contributed by atoms with Gasteiger partial charge in [-0.2, -0.15) is 0 Å². The van der Waals surface area contributed by atoms with Gasteiger partial charge in [-0.1, -0.05) is 12.8 Å². The molecule has 0 aromatic heterocycles. The molecule has 1 aliphatic heterocycles. The van der Waals surface area contributed by atoms with Crippen LogP contribution in [0.25, 0.3) is 0 Å². The van der Waals surface area contributed by atoms with Crippen molar-refractivity contribution in [2.75, 3.05) is 34.4 Å². The van der Waals surface area contributed by atoms with Gasteiger partial charge in [0.15, 0.2) is 0 Å². The van der Waals surface area contributed by atoms with Crippen LogP contribution in [-0.2, 0) is 14.2 Å². The Labute approximate surface area is 120 Å². The van der Waals surface area contributed by atoms with Gasteiger partial charge in [-0.15, -0.1) is 0 Å². The van der Waals surface area contributed by atoms with Gasteiger partial charge in [0.05, 0.1) is 25.2 Å². The third kappa shape index (κ3) is 3.42. The summed E-state index contributed by atoms with van der Waals surface area (Å²) in [4.78, 5) is 14.1. The lowest BCUT2D eigenvalue weighted by Crippen LogP contribution is -2.50. The monoisotopic (exact) mass is 286 g/mol. The number of likely N-dealkylation sites (tertiary alicyclic amines) is 1. The van der Waals surface area contributed by atoms with Crippen molar-refractivity contribution in [3.8, 4) is 0 Å². The van der Waals surface area contributed by atoms with Crippen molar-refractivity contribution in [2.24, 2.45) is 0 Å². The normalized spacial score (nSPS) is 34.2. The molecule has 1 saturated carbocycles. The predicted molar refractivity (Wildman–Crippen MR) is 74.8 cm³/mol. The summed E-state index contributed by atoms with van der Waals surface area (Å²) >= 11 is 0. The molecule has 20 heavy (non-hydrogen) atoms. The standard InChI is InChI=1S/C14H26N2O4/c1-18-11-7-5-4-6-10(11)15-14(17)16-8-12(19-2)13(9-16)20-3/h10-13H,4-9H2,1-3H3,(H,15,17)/t10-,11-,12-,13+/m0/s1. The summed E-state index contributed by atoms with van der Waals surface area (Å²) < 4.78 is 16.2. The molecule has 6 nitrogen and oxygen atoms in total. The van der Waals surface area contributed by atoms with E-state index < -0.39 is 0 Å². The summed E-state index contributed by atoms with van der Waals surface area (Å²) in [5.41, 5.74) is 0. The molecule has 2 amide bonds. The minimum Gasteiger partial charge on any atom is -0.379 e. The van der Waals surface area contributed by atoms with Crippen LogP contribution >= 0.6 is 0 Å². The third-order valence-corrected chi connectivity index (χ3v) is 4.42. The summed E-state index contributed by atoms with van der Waals surface area (Å²) in [7, 11) is 5.02. The Bertz CT molecular complexity index is 314. The van der Waals surface area contributed by atoms with Crippen LogP contribution in [0.1, 0.15) is 25.7 Å². The van der Waals surface area contributed by atoms with E-state index in [0.717, 1.165) is 19.3 Å². The van der Waals surface area contributed by atoms with Crippen molar-refractivity contribution in [1.82, 2.24) is 10.2 Å². The van der Waals surface area contributed by atoms with Crippen molar-refractivity contribution >= 4 is 6.03 Å². The van der Waals surface area contributed by atoms with E-state index >= 15 is 0 Å². The van der Waals surface area contributed by atoms with Gasteiger partial charge in [0, 0.05) is 21.3 Å². The van der Waals surface area contributed by atoms with Gasteiger partial charge in [0.1, 0.15) is 12.2 Å². The molecule has 6 heteroatoms. The Hall–Kier alpha value is -0.850. The molecule has 0 unspecified atom stereocenters. The van der Waals surface area contributed by atoms with E-state index in [9.17, 15) is 4.79 Å². The summed E-state index contributed by atoms with van der Waals surface area (Å²) in [6.45, 7) is 1.15. The summed E-state index contributed by atoms with van der Waals surface area (Å²) in [6, 6.07) is 0.0735. The molecule has 0 radical (unpaired) electrons. The van der Waals surface area contributed by atoms with E-state index in [1.165, 1.54) is 6.42 Å². The highest BCUT2D eigenvalue weighted by Crippen LogP contribution is 2.22. The molecule has 0 spiro atoms. The first-order valence-electron chi connectivity index (χ1n) is 7.33. The van der Waals surface area contributed by atoms with Crippen molar-refractivity contribution in [3.63, 3.8) is 0 Å². The van der Waals surface area contributed by atoms with Crippen molar-refractivity contribution in [2.45, 2.75) is 50.0 Å². The highest BCUT2D eigenvalue weighted by atomic mass is 16.5. The van der Waals surface area contributed by atoms with Gasteiger partial charge >= 0.3 is 6.03 Å². The summed E-state index contributed by atoms with van der Waals surface area (Å²) in [5.74, 6) is 0. The number of carbonyl (C=O) groups excluding carboxylic acids is 1. The van der Waals surface area contributed by atoms with Crippen molar-refractivity contribution in [3.05, 3.63) is 0 Å². The number of methoxy groups -OCH3 is 3. The van der Waals surface area contributed by atoms with Crippen molar-refractivity contribution in [1.29, 1.82) is 0 Å². The zero-order valence-electron chi connectivity index (χ0n) is 12.6. The highest BCUT2D eigenvalue weighted by Gasteiger charge is 2.37. The number of nitrogens with one attached hydrogen (secondary N) is 1. The van der Waals surface area contributed by atoms with Crippen LogP contribution in [0.3, 0.4) is 0 Å². The van der Waals surface area contributed by atoms with Gasteiger partial charge in [0.2, 0.25) is 0 Å². The lowest BCUT2D eigenvalue weighted by atomic mass is 9.92. The van der Waals surface area contributed by atoms with E-state index in [1.54, 1.807) is 26.2 Å². The molecule has 0 aromatic rings. The fourth-order valence-electron chi connectivity index (χ4n) is 3.16. The smallest absolute Gasteiger partial charge is 0.317 e. The lowest BCUT2D eigenvalue weighted by molar-refractivity contribution is -0.00461. The number of hydrogen-bond acceptors (Lipinski definition) is 4. The number of amides is 2. The maximum atomic E-state index is 12.3. The number of ether oxygens (including phenoxy) is 3. The van der Waals surface area contributed by atoms with Gasteiger partial charge < -0.3 is 24.4 Å². The molecule has 4 atom stereocenters. The Kier molecular flexibility index (Phi) is 5.63. The molecule has 116 valence electrons. The van der Waals surface area contributed by atoms with Crippen LogP contribution in [0.4, 0.5) is 4.79 Å². The molecule has 2 fully saturated rings. The maximum absolute atomic E-state index is 12.3. The molecule has 0 bridgehead atoms. The molecule has 1 saturated heterocycles. The van der Waals surface area contributed by atoms with Gasteiger partial charge in [-0.05, 0) is 12.8 Å². The maximum Gasteiger partial charge on any atom is 0.317 e. The average Bonchev–Trinajstić information content (AvgIpc) is 2.91. The topological polar surface area (TPSA) is 60.0 Å². The largest absolute Gasteiger partial charge is 0.379 e. The number of nitrogens with zero attached hydrogens (tertiary/aromatic N) is 1. The number of rotatable bonds is 4. The van der Waals surface area contributed by atoms with E-state index in [0.29, 0.717) is 13.1 Å². The third-order valence-electron chi connectivity index (χ3n) is 4.42. The SMILES string of the molecule is CO[C@H]1CCCC[C@@H]1NC(=O)N1C[C@H](OC)[C@H](OC)C1. The first kappa shape index (κ1) is 15.5. The first-order chi connectivity index (χ1) is 9.69. The minimum atomic E-state index is -0.0460. The van der Waals surface area contributed by atoms with Crippen LogP contribution in [-0.4, -0.2) is 69.7 Å². The number of urea groups is 1. The molecule has 2 rings (SSSR count). The Balaban J connectivity index is 1.88. The second kappa shape index (κ2) is 7.24. The summed E-state index contributed by atoms with van der Waals surface area (Å²) in [5, 5.41) is 3.10. The molecule has 1 N–H and O–H groups in total. The van der Waals surface area contributed by atoms with E-state index in [1.807, 2.05) is 0 Å². The zero-order valence-corrected chi connectivity index (χ0v) is 12.6. The van der Waals surface area contributed by atoms with Crippen LogP contribution < -0.4 is 5.32 Å². The Morgan fingerprint density at radius 2 is 1.50 bits per heavy atom. The molecule has 1 heterocycles. The molecule has 0 aromatic carbocycles. The molecule has 1 aliphatic carbocycles. The van der Waals surface area contributed by atoms with Crippen LogP contribution in [0.5, 0.6) is 0 Å². The number of carbonyl (C=O) groups is 1. The molecular formula is C14H26N2O4. The molecular weight excluding hydrogens is 260 g/mol. The van der Waals surface area contributed by atoms with E-state index in [4.69, 9.17) is 14.2 Å². The van der Waals surface area contributed by atoms with Crippen LogP contribution in [0.15, 0.2) is 0 Å². The molecule has 2 aliphatic rings. The second-order valence-corrected chi connectivity index (χ2v) is 5.57.